The number of aromatic nitrogens is 4. The van der Waals surface area contributed by atoms with E-state index >= 15 is 4.39 Å². The van der Waals surface area contributed by atoms with Crippen molar-refractivity contribution in [1.82, 2.24) is 29.1 Å². The van der Waals surface area contributed by atoms with E-state index in [-0.39, 0.29) is 29.2 Å². The van der Waals surface area contributed by atoms with Crippen LogP contribution in [0.25, 0.3) is 16.7 Å². The molecule has 0 spiro atoms. The van der Waals surface area contributed by atoms with Gasteiger partial charge in [-0.3, -0.25) is 14.2 Å². The smallest absolute Gasteiger partial charge is 0.264 e. The summed E-state index contributed by atoms with van der Waals surface area (Å²) in [5.74, 6) is -0.415. The lowest BCUT2D eigenvalue weighted by molar-refractivity contribution is -0.0299. The minimum Gasteiger partial charge on any atom is -0.388 e. The zero-order valence-corrected chi connectivity index (χ0v) is 22.4. The fourth-order valence-electron chi connectivity index (χ4n) is 5.55. The second-order valence-corrected chi connectivity index (χ2v) is 10.8. The van der Waals surface area contributed by atoms with Gasteiger partial charge in [-0.05, 0) is 44.2 Å². The molecule has 2 aliphatic rings. The summed E-state index contributed by atoms with van der Waals surface area (Å²) < 4.78 is 18.0. The molecule has 4 aromatic rings. The van der Waals surface area contributed by atoms with Crippen LogP contribution in [0.2, 0.25) is 0 Å². The monoisotopic (exact) mass is 545 g/mol. The number of piperazine rings is 1. The quantitative estimate of drug-likeness (QED) is 0.410. The molecule has 4 heterocycles. The van der Waals surface area contributed by atoms with Crippen LogP contribution in [0.15, 0.2) is 65.8 Å². The topological polar surface area (TPSA) is 99.7 Å². The van der Waals surface area contributed by atoms with Crippen LogP contribution >= 0.6 is 0 Å². The van der Waals surface area contributed by atoms with E-state index in [2.05, 4.69) is 22.0 Å². The molecule has 0 aliphatic carbocycles. The Labute approximate surface area is 230 Å². The Morgan fingerprint density at radius 2 is 1.75 bits per heavy atom. The van der Waals surface area contributed by atoms with Crippen LogP contribution in [-0.4, -0.2) is 92.1 Å². The number of nitrogens with zero attached hydrogens (tertiary/aromatic N) is 7. The van der Waals surface area contributed by atoms with Crippen LogP contribution in [0.1, 0.15) is 23.2 Å². The van der Waals surface area contributed by atoms with E-state index in [0.717, 1.165) is 26.2 Å². The van der Waals surface area contributed by atoms with Crippen LogP contribution in [0, 0.1) is 5.82 Å². The molecule has 10 nitrogen and oxygen atoms in total. The van der Waals surface area contributed by atoms with Gasteiger partial charge in [0, 0.05) is 50.9 Å². The van der Waals surface area contributed by atoms with Crippen LogP contribution in [-0.2, 0) is 6.54 Å². The number of rotatable bonds is 5. The summed E-state index contributed by atoms with van der Waals surface area (Å²) in [5, 5.41) is 15.9. The predicted octanol–water partition coefficient (Wildman–Crippen LogP) is 2.14. The summed E-state index contributed by atoms with van der Waals surface area (Å²) in [6.07, 6.45) is 3.51. The number of anilines is 1. The van der Waals surface area contributed by atoms with Crippen LogP contribution in [0.5, 0.6) is 0 Å². The Morgan fingerprint density at radius 1 is 1.02 bits per heavy atom. The van der Waals surface area contributed by atoms with E-state index in [1.54, 1.807) is 29.2 Å². The fourth-order valence-corrected chi connectivity index (χ4v) is 5.55. The average molecular weight is 546 g/mol. The van der Waals surface area contributed by atoms with Gasteiger partial charge >= 0.3 is 0 Å². The number of halogens is 1. The number of likely N-dealkylation sites (N-methyl/N-ethyl adjacent to an activating group) is 1. The highest BCUT2D eigenvalue weighted by atomic mass is 19.1. The Kier molecular flexibility index (Phi) is 6.85. The fraction of sp³-hybridized carbons (Fsp3) is 0.379. The van der Waals surface area contributed by atoms with Gasteiger partial charge in [-0.2, -0.15) is 5.10 Å². The molecule has 1 amide bonds. The van der Waals surface area contributed by atoms with Crippen molar-refractivity contribution in [3.8, 4) is 5.69 Å². The molecule has 11 heteroatoms. The van der Waals surface area contributed by atoms with Crippen molar-refractivity contribution >= 4 is 22.6 Å². The van der Waals surface area contributed by atoms with Crippen LogP contribution in [0.3, 0.4) is 0 Å². The van der Waals surface area contributed by atoms with E-state index in [1.165, 1.54) is 27.8 Å². The second-order valence-electron chi connectivity index (χ2n) is 10.8. The van der Waals surface area contributed by atoms with Crippen molar-refractivity contribution in [3.63, 3.8) is 0 Å². The number of benzene rings is 2. The van der Waals surface area contributed by atoms with Gasteiger partial charge in [0.1, 0.15) is 17.5 Å². The number of amides is 1. The number of carbonyl (C=O) groups is 1. The molecule has 2 saturated heterocycles. The summed E-state index contributed by atoms with van der Waals surface area (Å²) in [6.45, 7) is 4.10. The first-order valence-electron chi connectivity index (χ1n) is 13.5. The molecule has 0 saturated carbocycles. The van der Waals surface area contributed by atoms with E-state index < -0.39 is 5.60 Å². The van der Waals surface area contributed by atoms with E-state index in [9.17, 15) is 14.7 Å². The summed E-state index contributed by atoms with van der Waals surface area (Å²) in [4.78, 5) is 36.5. The van der Waals surface area contributed by atoms with Crippen molar-refractivity contribution < 1.29 is 14.3 Å². The number of piperidine rings is 1. The van der Waals surface area contributed by atoms with Crippen LogP contribution in [0.4, 0.5) is 10.1 Å². The third kappa shape index (κ3) is 4.98. The second kappa shape index (κ2) is 10.5. The van der Waals surface area contributed by atoms with Crippen molar-refractivity contribution in [2.75, 3.05) is 51.2 Å². The summed E-state index contributed by atoms with van der Waals surface area (Å²) in [6, 6.07) is 14.0. The zero-order chi connectivity index (χ0) is 27.9. The first kappa shape index (κ1) is 26.1. The Hall–Kier alpha value is -4.09. The SMILES string of the molecule is CN1CCN(c2ccc(-n3ncc4c(=O)n(CC5(O)CCN(C(=O)c6ccccc6)CC5)cnc43)cc2F)CC1. The van der Waals surface area contributed by atoms with Gasteiger partial charge in [0.2, 0.25) is 0 Å². The maximum absolute atomic E-state index is 15.1. The minimum atomic E-state index is -1.15. The van der Waals surface area contributed by atoms with E-state index in [1.807, 2.05) is 23.1 Å². The molecule has 2 aromatic carbocycles. The Balaban J connectivity index is 1.17. The lowest BCUT2D eigenvalue weighted by Gasteiger charge is -2.38. The Bertz CT molecular complexity index is 1590. The molecule has 40 heavy (non-hydrogen) atoms. The van der Waals surface area contributed by atoms with E-state index in [4.69, 9.17) is 0 Å². The molecule has 6 rings (SSSR count). The van der Waals surface area contributed by atoms with Crippen LogP contribution < -0.4 is 10.5 Å². The van der Waals surface area contributed by atoms with Gasteiger partial charge in [-0.25, -0.2) is 14.1 Å². The maximum Gasteiger partial charge on any atom is 0.264 e. The standard InChI is InChI=1S/C29H32FN7O3/c1-33-13-15-34(16-14-33)25-8-7-22(17-24(25)30)37-26-23(18-32-37)28(39)36(20-31-26)19-29(40)9-11-35(12-10-29)27(38)21-5-3-2-4-6-21/h2-8,17-18,20,40H,9-16,19H2,1H3. The normalized spacial score (nSPS) is 17.9. The van der Waals surface area contributed by atoms with E-state index in [0.29, 0.717) is 48.5 Å². The van der Waals surface area contributed by atoms with Crippen molar-refractivity contribution in [2.24, 2.45) is 0 Å². The number of likely N-dealkylation sites (tertiary alicyclic amines) is 1. The molecule has 0 unspecified atom stereocenters. The third-order valence-electron chi connectivity index (χ3n) is 8.04. The lowest BCUT2D eigenvalue weighted by atomic mass is 9.91. The summed E-state index contributed by atoms with van der Waals surface area (Å²) >= 11 is 0. The van der Waals surface area contributed by atoms with Gasteiger partial charge < -0.3 is 19.8 Å². The number of carbonyl (C=O) groups excluding carboxylic acids is 1. The van der Waals surface area contributed by atoms with Crippen molar-refractivity contribution in [3.05, 3.63) is 82.8 Å². The minimum absolute atomic E-state index is 0.0572. The molecule has 2 aliphatic heterocycles. The Morgan fingerprint density at radius 3 is 2.45 bits per heavy atom. The number of aliphatic hydroxyl groups is 1. The lowest BCUT2D eigenvalue weighted by Crippen LogP contribution is -2.49. The summed E-state index contributed by atoms with van der Waals surface area (Å²) in [5.41, 5.74) is 0.484. The molecule has 0 bridgehead atoms. The molecule has 2 fully saturated rings. The molecular formula is C29H32FN7O3. The highest BCUT2D eigenvalue weighted by Crippen LogP contribution is 2.26. The average Bonchev–Trinajstić information content (AvgIpc) is 3.41. The highest BCUT2D eigenvalue weighted by Gasteiger charge is 2.35. The molecule has 2 aromatic heterocycles. The molecular weight excluding hydrogens is 513 g/mol. The third-order valence-corrected chi connectivity index (χ3v) is 8.04. The van der Waals surface area contributed by atoms with Gasteiger partial charge in [0.05, 0.1) is 29.7 Å². The van der Waals surface area contributed by atoms with Crippen molar-refractivity contribution in [2.45, 2.75) is 25.0 Å². The van der Waals surface area contributed by atoms with Gasteiger partial charge in [-0.15, -0.1) is 0 Å². The summed E-state index contributed by atoms with van der Waals surface area (Å²) in [7, 11) is 2.05. The maximum atomic E-state index is 15.1. The largest absolute Gasteiger partial charge is 0.388 e. The predicted molar refractivity (Wildman–Crippen MR) is 149 cm³/mol. The highest BCUT2D eigenvalue weighted by molar-refractivity contribution is 5.94. The number of hydrogen-bond acceptors (Lipinski definition) is 7. The zero-order valence-electron chi connectivity index (χ0n) is 22.4. The van der Waals surface area contributed by atoms with Gasteiger partial charge in [0.25, 0.3) is 11.5 Å². The molecule has 0 atom stereocenters. The molecule has 1 N–H and O–H groups in total. The first-order valence-corrected chi connectivity index (χ1v) is 13.5. The van der Waals surface area contributed by atoms with Crippen molar-refractivity contribution in [1.29, 1.82) is 0 Å². The van der Waals surface area contributed by atoms with Gasteiger partial charge in [0.15, 0.2) is 5.65 Å². The first-order chi connectivity index (χ1) is 19.3. The van der Waals surface area contributed by atoms with Gasteiger partial charge in [-0.1, -0.05) is 18.2 Å². The molecule has 208 valence electrons. The number of fused-ring (bicyclic) bond motifs is 1. The number of hydrogen-bond donors (Lipinski definition) is 1. The molecule has 0 radical (unpaired) electrons.